The Hall–Kier alpha value is -0.0800. The summed E-state index contributed by atoms with van der Waals surface area (Å²) >= 11 is 0. The summed E-state index contributed by atoms with van der Waals surface area (Å²) in [6, 6.07) is 0. The maximum atomic E-state index is 5.73. The maximum absolute atomic E-state index is 5.73. The average molecular weight is 413 g/mol. The van der Waals surface area contributed by atoms with Crippen LogP contribution in [0.5, 0.6) is 0 Å². The second-order valence-corrected chi connectivity index (χ2v) is 5.76. The van der Waals surface area contributed by atoms with Crippen molar-refractivity contribution >= 4 is 29.9 Å². The van der Waals surface area contributed by atoms with Gasteiger partial charge in [0.1, 0.15) is 0 Å². The van der Waals surface area contributed by atoms with E-state index in [9.17, 15) is 0 Å². The van der Waals surface area contributed by atoms with Crippen LogP contribution in [-0.4, -0.2) is 52.5 Å². The Labute approximate surface area is 146 Å². The molecule has 1 fully saturated rings. The van der Waals surface area contributed by atoms with Crippen molar-refractivity contribution in [2.24, 2.45) is 16.8 Å². The van der Waals surface area contributed by atoms with Gasteiger partial charge in [-0.1, -0.05) is 13.8 Å². The minimum Gasteiger partial charge on any atom is -0.381 e. The van der Waals surface area contributed by atoms with Crippen LogP contribution in [0.1, 0.15) is 33.1 Å². The van der Waals surface area contributed by atoms with Gasteiger partial charge < -0.3 is 20.1 Å². The second-order valence-electron chi connectivity index (χ2n) is 5.76. The summed E-state index contributed by atoms with van der Waals surface area (Å²) in [5.74, 6) is 2.19. The molecule has 0 saturated carbocycles. The molecule has 5 nitrogen and oxygen atoms in total. The van der Waals surface area contributed by atoms with E-state index in [-0.39, 0.29) is 24.0 Å². The Bertz CT molecular complexity index is 270. The highest BCUT2D eigenvalue weighted by Gasteiger charge is 2.13. The Balaban J connectivity index is 0.00000400. The van der Waals surface area contributed by atoms with E-state index in [1.54, 1.807) is 7.05 Å². The zero-order chi connectivity index (χ0) is 14.6. The largest absolute Gasteiger partial charge is 0.381 e. The molecule has 0 atom stereocenters. The Morgan fingerprint density at radius 3 is 2.62 bits per heavy atom. The lowest BCUT2D eigenvalue weighted by atomic mass is 10.0. The topological polar surface area (TPSA) is 54.9 Å². The molecular formula is C15H32IN3O2. The van der Waals surface area contributed by atoms with Crippen molar-refractivity contribution in [1.29, 1.82) is 0 Å². The fraction of sp³-hybridized carbons (Fsp3) is 0.933. The van der Waals surface area contributed by atoms with Gasteiger partial charge in [-0.15, -0.1) is 24.0 Å². The molecular weight excluding hydrogens is 381 g/mol. The number of hydrogen-bond donors (Lipinski definition) is 2. The molecule has 0 aromatic rings. The van der Waals surface area contributed by atoms with Crippen LogP contribution in [0.3, 0.4) is 0 Å². The predicted molar refractivity (Wildman–Crippen MR) is 98.6 cm³/mol. The third-order valence-electron chi connectivity index (χ3n) is 3.35. The molecule has 0 aromatic heterocycles. The third-order valence-corrected chi connectivity index (χ3v) is 3.35. The molecule has 21 heavy (non-hydrogen) atoms. The summed E-state index contributed by atoms with van der Waals surface area (Å²) in [5, 5.41) is 6.60. The van der Waals surface area contributed by atoms with E-state index in [0.29, 0.717) is 11.8 Å². The number of nitrogens with zero attached hydrogens (tertiary/aromatic N) is 1. The molecule has 0 aliphatic carbocycles. The molecule has 0 amide bonds. The van der Waals surface area contributed by atoms with Gasteiger partial charge in [0.2, 0.25) is 0 Å². The van der Waals surface area contributed by atoms with Crippen molar-refractivity contribution < 1.29 is 9.47 Å². The molecule has 1 saturated heterocycles. The molecule has 1 aliphatic rings. The Kier molecular flexibility index (Phi) is 13.5. The zero-order valence-corrected chi connectivity index (χ0v) is 16.0. The van der Waals surface area contributed by atoms with Crippen molar-refractivity contribution in [3.63, 3.8) is 0 Å². The number of ether oxygens (including phenoxy) is 2. The smallest absolute Gasteiger partial charge is 0.190 e. The summed E-state index contributed by atoms with van der Waals surface area (Å²) in [6.45, 7) is 9.69. The highest BCUT2D eigenvalue weighted by Crippen LogP contribution is 2.14. The van der Waals surface area contributed by atoms with Crippen LogP contribution in [0.25, 0.3) is 0 Å². The number of halogens is 1. The number of rotatable bonds is 8. The first-order valence-corrected chi connectivity index (χ1v) is 7.82. The predicted octanol–water partition coefficient (Wildman–Crippen LogP) is 2.26. The minimum atomic E-state index is 0. The van der Waals surface area contributed by atoms with Crippen molar-refractivity contribution in [1.82, 2.24) is 10.6 Å². The molecule has 1 aliphatic heterocycles. The van der Waals surface area contributed by atoms with Gasteiger partial charge in [-0.3, -0.25) is 4.99 Å². The van der Waals surface area contributed by atoms with Crippen LogP contribution in [-0.2, 0) is 9.47 Å². The highest BCUT2D eigenvalue weighted by atomic mass is 127. The SMILES string of the molecule is CN=C(NCCCOCC1CCOCC1)NCC(C)C.I. The van der Waals surface area contributed by atoms with Gasteiger partial charge in [-0.05, 0) is 31.1 Å². The van der Waals surface area contributed by atoms with Crippen LogP contribution in [0.2, 0.25) is 0 Å². The van der Waals surface area contributed by atoms with Crippen molar-refractivity contribution in [3.8, 4) is 0 Å². The highest BCUT2D eigenvalue weighted by molar-refractivity contribution is 14.0. The Morgan fingerprint density at radius 1 is 1.29 bits per heavy atom. The van der Waals surface area contributed by atoms with E-state index in [4.69, 9.17) is 9.47 Å². The molecule has 0 spiro atoms. The Morgan fingerprint density at radius 2 is 2.00 bits per heavy atom. The van der Waals surface area contributed by atoms with Crippen LogP contribution < -0.4 is 10.6 Å². The van der Waals surface area contributed by atoms with E-state index in [2.05, 4.69) is 29.5 Å². The van der Waals surface area contributed by atoms with Crippen molar-refractivity contribution in [2.45, 2.75) is 33.1 Å². The first-order valence-electron chi connectivity index (χ1n) is 7.82. The van der Waals surface area contributed by atoms with Gasteiger partial charge in [-0.2, -0.15) is 0 Å². The fourth-order valence-electron chi connectivity index (χ4n) is 2.07. The summed E-state index contributed by atoms with van der Waals surface area (Å²) in [7, 11) is 1.80. The monoisotopic (exact) mass is 413 g/mol. The summed E-state index contributed by atoms with van der Waals surface area (Å²) in [4.78, 5) is 4.19. The van der Waals surface area contributed by atoms with Gasteiger partial charge in [0.05, 0.1) is 0 Å². The van der Waals surface area contributed by atoms with E-state index in [1.165, 1.54) is 0 Å². The van der Waals surface area contributed by atoms with Crippen molar-refractivity contribution in [2.75, 3.05) is 46.6 Å². The summed E-state index contributed by atoms with van der Waals surface area (Å²) < 4.78 is 11.1. The number of nitrogens with one attached hydrogen (secondary N) is 2. The summed E-state index contributed by atoms with van der Waals surface area (Å²) in [6.07, 6.45) is 3.29. The lowest BCUT2D eigenvalue weighted by Crippen LogP contribution is -2.39. The van der Waals surface area contributed by atoms with Crippen LogP contribution in [0.15, 0.2) is 4.99 Å². The van der Waals surface area contributed by atoms with Crippen LogP contribution >= 0.6 is 24.0 Å². The molecule has 6 heteroatoms. The third kappa shape index (κ3) is 11.2. The molecule has 0 bridgehead atoms. The van der Waals surface area contributed by atoms with E-state index >= 15 is 0 Å². The zero-order valence-electron chi connectivity index (χ0n) is 13.7. The van der Waals surface area contributed by atoms with Gasteiger partial charge >= 0.3 is 0 Å². The molecule has 0 unspecified atom stereocenters. The molecule has 2 N–H and O–H groups in total. The molecule has 0 radical (unpaired) electrons. The molecule has 1 rings (SSSR count). The van der Waals surface area contributed by atoms with Crippen LogP contribution in [0.4, 0.5) is 0 Å². The average Bonchev–Trinajstić information content (AvgIpc) is 2.46. The lowest BCUT2D eigenvalue weighted by molar-refractivity contribution is 0.0203. The maximum Gasteiger partial charge on any atom is 0.190 e. The normalized spacial score (nSPS) is 16.7. The second kappa shape index (κ2) is 13.6. The van der Waals surface area contributed by atoms with Gasteiger partial charge in [0.15, 0.2) is 5.96 Å². The lowest BCUT2D eigenvalue weighted by Gasteiger charge is -2.21. The van der Waals surface area contributed by atoms with E-state index in [1.807, 2.05) is 0 Å². The first kappa shape index (κ1) is 20.9. The van der Waals surface area contributed by atoms with E-state index < -0.39 is 0 Å². The quantitative estimate of drug-likeness (QED) is 0.278. The number of aliphatic imine (C=N–C) groups is 1. The standard InChI is InChI=1S/C15H31N3O2.HI/c1-13(2)11-18-15(16-3)17-7-4-8-20-12-14-5-9-19-10-6-14;/h13-14H,4-12H2,1-3H3,(H2,16,17,18);1H. The minimum absolute atomic E-state index is 0. The van der Waals surface area contributed by atoms with Gasteiger partial charge in [0.25, 0.3) is 0 Å². The van der Waals surface area contributed by atoms with Gasteiger partial charge in [0, 0.05) is 46.6 Å². The number of guanidine groups is 1. The summed E-state index contributed by atoms with van der Waals surface area (Å²) in [5.41, 5.74) is 0. The fourth-order valence-corrected chi connectivity index (χ4v) is 2.07. The molecule has 0 aromatic carbocycles. The van der Waals surface area contributed by atoms with Gasteiger partial charge in [-0.25, -0.2) is 0 Å². The molecule has 126 valence electrons. The van der Waals surface area contributed by atoms with Crippen molar-refractivity contribution in [3.05, 3.63) is 0 Å². The van der Waals surface area contributed by atoms with Crippen LogP contribution in [0, 0.1) is 11.8 Å². The molecule has 1 heterocycles. The van der Waals surface area contributed by atoms with E-state index in [0.717, 1.165) is 64.7 Å². The first-order chi connectivity index (χ1) is 9.72. The number of hydrogen-bond acceptors (Lipinski definition) is 3.